The van der Waals surface area contributed by atoms with Crippen LogP contribution in [0.15, 0.2) is 40.3 Å². The Bertz CT molecular complexity index is 430. The van der Waals surface area contributed by atoms with Gasteiger partial charge in [-0.2, -0.15) is 0 Å². The molecule has 1 aromatic carbocycles. The van der Waals surface area contributed by atoms with Crippen molar-refractivity contribution >= 4 is 27.3 Å². The molecule has 78 valence electrons. The van der Waals surface area contributed by atoms with Crippen LogP contribution in [0.25, 0.3) is 0 Å². The largest absolute Gasteiger partial charge is 0.388 e. The van der Waals surface area contributed by atoms with Gasteiger partial charge in [-0.3, -0.25) is 0 Å². The Morgan fingerprint density at radius 1 is 1.40 bits per heavy atom. The summed E-state index contributed by atoms with van der Waals surface area (Å²) in [6.45, 7) is 0. The SMILES string of the molecule is OC(Cc1nccs1)c1ccccc1Br. The molecule has 0 amide bonds. The van der Waals surface area contributed by atoms with Crippen molar-refractivity contribution in [3.8, 4) is 0 Å². The molecule has 2 aromatic rings. The molecule has 0 aliphatic carbocycles. The quantitative estimate of drug-likeness (QED) is 0.939. The number of rotatable bonds is 3. The van der Waals surface area contributed by atoms with Gasteiger partial charge in [0.15, 0.2) is 0 Å². The Balaban J connectivity index is 2.15. The van der Waals surface area contributed by atoms with Crippen LogP contribution in [-0.4, -0.2) is 10.1 Å². The third-order valence-electron chi connectivity index (χ3n) is 2.12. The van der Waals surface area contributed by atoms with Crippen LogP contribution < -0.4 is 0 Å². The molecule has 0 radical (unpaired) electrons. The first-order valence-electron chi connectivity index (χ1n) is 4.58. The first-order valence-corrected chi connectivity index (χ1v) is 6.25. The number of aliphatic hydroxyl groups is 1. The van der Waals surface area contributed by atoms with E-state index in [9.17, 15) is 5.11 Å². The smallest absolute Gasteiger partial charge is 0.0954 e. The van der Waals surface area contributed by atoms with E-state index in [-0.39, 0.29) is 0 Å². The minimum atomic E-state index is -0.494. The lowest BCUT2D eigenvalue weighted by Gasteiger charge is -2.10. The summed E-state index contributed by atoms with van der Waals surface area (Å²) in [7, 11) is 0. The lowest BCUT2D eigenvalue weighted by Crippen LogP contribution is -2.02. The summed E-state index contributed by atoms with van der Waals surface area (Å²) in [5.41, 5.74) is 0.910. The second-order valence-electron chi connectivity index (χ2n) is 3.17. The van der Waals surface area contributed by atoms with Crippen molar-refractivity contribution in [3.05, 3.63) is 50.9 Å². The maximum absolute atomic E-state index is 10.0. The number of thiazole rings is 1. The fraction of sp³-hybridized carbons (Fsp3) is 0.182. The molecule has 0 fully saturated rings. The van der Waals surface area contributed by atoms with E-state index in [0.717, 1.165) is 15.0 Å². The second-order valence-corrected chi connectivity index (χ2v) is 5.00. The number of nitrogens with zero attached hydrogens (tertiary/aromatic N) is 1. The Labute approximate surface area is 101 Å². The zero-order valence-corrected chi connectivity index (χ0v) is 10.3. The van der Waals surface area contributed by atoms with Crippen LogP contribution in [0.5, 0.6) is 0 Å². The van der Waals surface area contributed by atoms with Crippen molar-refractivity contribution in [1.82, 2.24) is 4.98 Å². The number of aromatic nitrogens is 1. The highest BCUT2D eigenvalue weighted by Crippen LogP contribution is 2.26. The third kappa shape index (κ3) is 2.65. The number of aliphatic hydroxyl groups excluding tert-OH is 1. The molecule has 0 saturated carbocycles. The topological polar surface area (TPSA) is 33.1 Å². The molecule has 1 heterocycles. The molecule has 2 rings (SSSR count). The molecule has 1 unspecified atom stereocenters. The normalized spacial score (nSPS) is 12.7. The van der Waals surface area contributed by atoms with E-state index in [1.807, 2.05) is 29.6 Å². The fourth-order valence-corrected chi connectivity index (χ4v) is 2.58. The molecule has 0 aliphatic rings. The third-order valence-corrected chi connectivity index (χ3v) is 3.64. The lowest BCUT2D eigenvalue weighted by atomic mass is 10.1. The minimum Gasteiger partial charge on any atom is -0.388 e. The van der Waals surface area contributed by atoms with E-state index in [1.54, 1.807) is 17.5 Å². The van der Waals surface area contributed by atoms with Crippen molar-refractivity contribution in [1.29, 1.82) is 0 Å². The van der Waals surface area contributed by atoms with Crippen molar-refractivity contribution in [2.75, 3.05) is 0 Å². The van der Waals surface area contributed by atoms with Crippen LogP contribution in [0.3, 0.4) is 0 Å². The molecule has 0 saturated heterocycles. The average Bonchev–Trinajstić information content (AvgIpc) is 2.71. The van der Waals surface area contributed by atoms with Gasteiger partial charge in [0, 0.05) is 22.5 Å². The molecular formula is C11H10BrNOS. The van der Waals surface area contributed by atoms with Crippen LogP contribution in [0, 0.1) is 0 Å². The van der Waals surface area contributed by atoms with Gasteiger partial charge in [0.25, 0.3) is 0 Å². The van der Waals surface area contributed by atoms with E-state index < -0.39 is 6.10 Å². The zero-order chi connectivity index (χ0) is 10.7. The number of hydrogen-bond acceptors (Lipinski definition) is 3. The number of halogens is 1. The summed E-state index contributed by atoms with van der Waals surface area (Å²) in [5.74, 6) is 0. The fourth-order valence-electron chi connectivity index (χ4n) is 1.37. The Morgan fingerprint density at radius 2 is 2.20 bits per heavy atom. The molecule has 1 N–H and O–H groups in total. The molecule has 2 nitrogen and oxygen atoms in total. The van der Waals surface area contributed by atoms with Crippen LogP contribution in [-0.2, 0) is 6.42 Å². The van der Waals surface area contributed by atoms with Crippen LogP contribution >= 0.6 is 27.3 Å². The highest BCUT2D eigenvalue weighted by atomic mass is 79.9. The van der Waals surface area contributed by atoms with Crippen molar-refractivity contribution < 1.29 is 5.11 Å². The van der Waals surface area contributed by atoms with Gasteiger partial charge in [-0.05, 0) is 11.6 Å². The van der Waals surface area contributed by atoms with E-state index in [4.69, 9.17) is 0 Å². The van der Waals surface area contributed by atoms with Gasteiger partial charge >= 0.3 is 0 Å². The Kier molecular flexibility index (Phi) is 3.51. The predicted octanol–water partition coefficient (Wildman–Crippen LogP) is 3.18. The first-order chi connectivity index (χ1) is 7.27. The highest BCUT2D eigenvalue weighted by Gasteiger charge is 2.12. The molecular weight excluding hydrogens is 274 g/mol. The van der Waals surface area contributed by atoms with Gasteiger partial charge < -0.3 is 5.11 Å². The highest BCUT2D eigenvalue weighted by molar-refractivity contribution is 9.10. The van der Waals surface area contributed by atoms with Gasteiger partial charge in [0.2, 0.25) is 0 Å². The van der Waals surface area contributed by atoms with Crippen LogP contribution in [0.4, 0.5) is 0 Å². The Morgan fingerprint density at radius 3 is 2.87 bits per heavy atom. The average molecular weight is 284 g/mol. The molecule has 0 spiro atoms. The molecule has 0 aliphatic heterocycles. The van der Waals surface area contributed by atoms with Gasteiger partial charge in [-0.1, -0.05) is 34.1 Å². The van der Waals surface area contributed by atoms with Gasteiger partial charge in [-0.25, -0.2) is 4.98 Å². The molecule has 1 aromatic heterocycles. The first kappa shape index (κ1) is 10.8. The molecule has 4 heteroatoms. The van der Waals surface area contributed by atoms with Crippen LogP contribution in [0.2, 0.25) is 0 Å². The predicted molar refractivity (Wildman–Crippen MR) is 64.9 cm³/mol. The summed E-state index contributed by atoms with van der Waals surface area (Å²) in [6.07, 6.45) is 1.83. The molecule has 1 atom stereocenters. The summed E-state index contributed by atoms with van der Waals surface area (Å²) in [5, 5.41) is 12.9. The number of hydrogen-bond donors (Lipinski definition) is 1. The summed E-state index contributed by atoms with van der Waals surface area (Å²) in [4.78, 5) is 4.15. The van der Waals surface area contributed by atoms with E-state index in [1.165, 1.54) is 0 Å². The number of benzene rings is 1. The van der Waals surface area contributed by atoms with Gasteiger partial charge in [-0.15, -0.1) is 11.3 Å². The monoisotopic (exact) mass is 283 g/mol. The summed E-state index contributed by atoms with van der Waals surface area (Å²) < 4.78 is 0.939. The Hall–Kier alpha value is -0.710. The second kappa shape index (κ2) is 4.88. The van der Waals surface area contributed by atoms with Gasteiger partial charge in [0.1, 0.15) is 0 Å². The van der Waals surface area contributed by atoms with E-state index in [0.29, 0.717) is 6.42 Å². The summed E-state index contributed by atoms with van der Waals surface area (Å²) >= 11 is 4.99. The molecule has 15 heavy (non-hydrogen) atoms. The van der Waals surface area contributed by atoms with Crippen LogP contribution in [0.1, 0.15) is 16.7 Å². The lowest BCUT2D eigenvalue weighted by molar-refractivity contribution is 0.177. The maximum atomic E-state index is 10.0. The maximum Gasteiger partial charge on any atom is 0.0954 e. The van der Waals surface area contributed by atoms with Crippen molar-refractivity contribution in [2.24, 2.45) is 0 Å². The molecule has 0 bridgehead atoms. The summed E-state index contributed by atoms with van der Waals surface area (Å²) in [6, 6.07) is 7.71. The van der Waals surface area contributed by atoms with Gasteiger partial charge in [0.05, 0.1) is 11.1 Å². The van der Waals surface area contributed by atoms with E-state index in [2.05, 4.69) is 20.9 Å². The van der Waals surface area contributed by atoms with Crippen molar-refractivity contribution in [3.63, 3.8) is 0 Å². The van der Waals surface area contributed by atoms with Crippen molar-refractivity contribution in [2.45, 2.75) is 12.5 Å². The zero-order valence-electron chi connectivity index (χ0n) is 7.93. The minimum absolute atomic E-state index is 0.494. The van der Waals surface area contributed by atoms with E-state index >= 15 is 0 Å². The standard InChI is InChI=1S/C11H10BrNOS/c12-9-4-2-1-3-8(9)10(14)7-11-13-5-6-15-11/h1-6,10,14H,7H2.